The predicted molar refractivity (Wildman–Crippen MR) is 88.2 cm³/mol. The number of fused-ring (bicyclic) bond motifs is 3. The average molecular weight is 359 g/mol. The molecule has 1 aromatic heterocycles. The van der Waals surface area contributed by atoms with Gasteiger partial charge in [-0.1, -0.05) is 34.1 Å². The number of imidazole rings is 1. The number of halogens is 1. The second kappa shape index (κ2) is 5.41. The van der Waals surface area contributed by atoms with Gasteiger partial charge in [0.05, 0.1) is 30.8 Å². The average Bonchev–Trinajstić information content (AvgIpc) is 2.92. The fourth-order valence-corrected chi connectivity index (χ4v) is 3.42. The van der Waals surface area contributed by atoms with Crippen LogP contribution in [0.3, 0.4) is 0 Å². The maximum atomic E-state index is 5.77. The second-order valence-electron chi connectivity index (χ2n) is 5.30. The third-order valence-corrected chi connectivity index (χ3v) is 4.53. The van der Waals surface area contributed by atoms with E-state index in [1.165, 1.54) is 0 Å². The van der Waals surface area contributed by atoms with Crippen LogP contribution in [0.25, 0.3) is 11.0 Å². The highest BCUT2D eigenvalue weighted by atomic mass is 79.9. The molecule has 0 amide bonds. The SMILES string of the molecule is COc1ccccc1[C@H]1COCc2nc3ccc(Br)cc3n21. The number of methoxy groups -OCH3 is 1. The molecule has 5 heteroatoms. The summed E-state index contributed by atoms with van der Waals surface area (Å²) < 4.78 is 14.6. The van der Waals surface area contributed by atoms with Crippen LogP contribution >= 0.6 is 15.9 Å². The van der Waals surface area contributed by atoms with E-state index in [2.05, 4.69) is 32.6 Å². The summed E-state index contributed by atoms with van der Waals surface area (Å²) in [5.41, 5.74) is 3.22. The van der Waals surface area contributed by atoms with Crippen molar-refractivity contribution in [3.05, 3.63) is 58.3 Å². The zero-order chi connectivity index (χ0) is 15.1. The third-order valence-electron chi connectivity index (χ3n) is 4.04. The Morgan fingerprint density at radius 1 is 1.27 bits per heavy atom. The molecule has 0 N–H and O–H groups in total. The molecule has 22 heavy (non-hydrogen) atoms. The molecule has 1 atom stereocenters. The lowest BCUT2D eigenvalue weighted by Gasteiger charge is -2.27. The summed E-state index contributed by atoms with van der Waals surface area (Å²) in [6, 6.07) is 14.3. The molecule has 1 aliphatic rings. The van der Waals surface area contributed by atoms with Gasteiger partial charge in [0.2, 0.25) is 0 Å². The number of ether oxygens (including phenoxy) is 2. The standard InChI is InChI=1S/C17H15BrN2O2/c1-21-16-5-3-2-4-12(16)15-9-22-10-17-19-13-7-6-11(18)8-14(13)20(15)17/h2-8,15H,9-10H2,1H3/t15-/m1/s1. The molecular weight excluding hydrogens is 344 g/mol. The molecule has 2 heterocycles. The van der Waals surface area contributed by atoms with Crippen LogP contribution in [0.15, 0.2) is 46.9 Å². The molecule has 4 nitrogen and oxygen atoms in total. The highest BCUT2D eigenvalue weighted by Gasteiger charge is 2.27. The molecular formula is C17H15BrN2O2. The highest BCUT2D eigenvalue weighted by molar-refractivity contribution is 9.10. The van der Waals surface area contributed by atoms with Crippen LogP contribution in [0, 0.1) is 0 Å². The van der Waals surface area contributed by atoms with Gasteiger partial charge in [0.25, 0.3) is 0 Å². The summed E-state index contributed by atoms with van der Waals surface area (Å²) in [5.74, 6) is 1.83. The Labute approximate surface area is 136 Å². The summed E-state index contributed by atoms with van der Waals surface area (Å²) in [4.78, 5) is 4.70. The van der Waals surface area contributed by atoms with E-state index in [1.807, 2.05) is 30.3 Å². The van der Waals surface area contributed by atoms with Gasteiger partial charge in [-0.3, -0.25) is 0 Å². The van der Waals surface area contributed by atoms with Gasteiger partial charge < -0.3 is 14.0 Å². The van der Waals surface area contributed by atoms with Gasteiger partial charge in [0.15, 0.2) is 0 Å². The van der Waals surface area contributed by atoms with Crippen LogP contribution in [0.4, 0.5) is 0 Å². The first-order chi connectivity index (χ1) is 10.8. The van der Waals surface area contributed by atoms with Gasteiger partial charge in [-0.2, -0.15) is 0 Å². The van der Waals surface area contributed by atoms with Crippen molar-refractivity contribution in [2.75, 3.05) is 13.7 Å². The normalized spacial score (nSPS) is 17.5. The largest absolute Gasteiger partial charge is 0.496 e. The van der Waals surface area contributed by atoms with Crippen molar-refractivity contribution in [2.45, 2.75) is 12.6 Å². The fraction of sp³-hybridized carbons (Fsp3) is 0.235. The van der Waals surface area contributed by atoms with Crippen molar-refractivity contribution in [1.29, 1.82) is 0 Å². The number of hydrogen-bond acceptors (Lipinski definition) is 3. The van der Waals surface area contributed by atoms with Gasteiger partial charge >= 0.3 is 0 Å². The van der Waals surface area contributed by atoms with Gasteiger partial charge in [-0.05, 0) is 24.3 Å². The predicted octanol–water partition coefficient (Wildman–Crippen LogP) is 3.93. The summed E-state index contributed by atoms with van der Waals surface area (Å²) in [5, 5.41) is 0. The molecule has 4 rings (SSSR count). The minimum Gasteiger partial charge on any atom is -0.496 e. The van der Waals surface area contributed by atoms with Crippen LogP contribution < -0.4 is 4.74 Å². The quantitative estimate of drug-likeness (QED) is 0.696. The molecule has 2 aromatic carbocycles. The van der Waals surface area contributed by atoms with E-state index in [0.29, 0.717) is 13.2 Å². The molecule has 0 saturated carbocycles. The summed E-state index contributed by atoms with van der Waals surface area (Å²) in [6.45, 7) is 1.16. The van der Waals surface area contributed by atoms with Gasteiger partial charge in [0.1, 0.15) is 18.2 Å². The fourth-order valence-electron chi connectivity index (χ4n) is 3.07. The Hall–Kier alpha value is -1.85. The zero-order valence-corrected chi connectivity index (χ0v) is 13.7. The summed E-state index contributed by atoms with van der Waals surface area (Å²) in [7, 11) is 1.70. The van der Waals surface area contributed by atoms with E-state index in [1.54, 1.807) is 7.11 Å². The Morgan fingerprint density at radius 2 is 2.14 bits per heavy atom. The first-order valence-corrected chi connectivity index (χ1v) is 7.94. The minimum atomic E-state index is 0.0687. The number of aromatic nitrogens is 2. The number of hydrogen-bond donors (Lipinski definition) is 0. The van der Waals surface area contributed by atoms with Crippen LogP contribution in [0.2, 0.25) is 0 Å². The maximum Gasteiger partial charge on any atom is 0.136 e. The van der Waals surface area contributed by atoms with Gasteiger partial charge in [0, 0.05) is 10.0 Å². The number of rotatable bonds is 2. The van der Waals surface area contributed by atoms with Crippen molar-refractivity contribution in [3.8, 4) is 5.75 Å². The second-order valence-corrected chi connectivity index (χ2v) is 6.22. The monoisotopic (exact) mass is 358 g/mol. The Kier molecular flexibility index (Phi) is 3.39. The molecule has 0 radical (unpaired) electrons. The number of para-hydroxylation sites is 1. The molecule has 0 unspecified atom stereocenters. The molecule has 3 aromatic rings. The Balaban J connectivity index is 1.95. The van der Waals surface area contributed by atoms with Crippen LogP contribution in [-0.4, -0.2) is 23.3 Å². The van der Waals surface area contributed by atoms with E-state index >= 15 is 0 Å². The van der Waals surface area contributed by atoms with E-state index in [0.717, 1.165) is 32.6 Å². The van der Waals surface area contributed by atoms with Crippen LogP contribution in [0.5, 0.6) is 5.75 Å². The molecule has 0 fully saturated rings. The molecule has 0 aliphatic carbocycles. The first kappa shape index (κ1) is 13.8. The van der Waals surface area contributed by atoms with Crippen molar-refractivity contribution in [1.82, 2.24) is 9.55 Å². The molecule has 0 bridgehead atoms. The first-order valence-electron chi connectivity index (χ1n) is 7.15. The third kappa shape index (κ3) is 2.12. The van der Waals surface area contributed by atoms with E-state index < -0.39 is 0 Å². The summed E-state index contributed by atoms with van der Waals surface area (Å²) in [6.07, 6.45) is 0. The summed E-state index contributed by atoms with van der Waals surface area (Å²) >= 11 is 3.55. The van der Waals surface area contributed by atoms with E-state index in [4.69, 9.17) is 14.5 Å². The highest BCUT2D eigenvalue weighted by Crippen LogP contribution is 2.35. The Bertz CT molecular complexity index is 844. The van der Waals surface area contributed by atoms with Crippen LogP contribution in [0.1, 0.15) is 17.4 Å². The van der Waals surface area contributed by atoms with E-state index in [-0.39, 0.29) is 6.04 Å². The maximum absolute atomic E-state index is 5.77. The van der Waals surface area contributed by atoms with Gasteiger partial charge in [-0.15, -0.1) is 0 Å². The molecule has 1 aliphatic heterocycles. The zero-order valence-electron chi connectivity index (χ0n) is 12.1. The molecule has 112 valence electrons. The van der Waals surface area contributed by atoms with Crippen molar-refractivity contribution in [3.63, 3.8) is 0 Å². The topological polar surface area (TPSA) is 36.3 Å². The van der Waals surface area contributed by atoms with Crippen molar-refractivity contribution >= 4 is 27.0 Å². The number of nitrogens with zero attached hydrogens (tertiary/aromatic N) is 2. The molecule has 0 saturated heterocycles. The van der Waals surface area contributed by atoms with Gasteiger partial charge in [-0.25, -0.2) is 4.98 Å². The number of benzene rings is 2. The lowest BCUT2D eigenvalue weighted by molar-refractivity contribution is 0.0672. The van der Waals surface area contributed by atoms with E-state index in [9.17, 15) is 0 Å². The minimum absolute atomic E-state index is 0.0687. The van der Waals surface area contributed by atoms with Crippen molar-refractivity contribution < 1.29 is 9.47 Å². The lowest BCUT2D eigenvalue weighted by atomic mass is 10.0. The molecule has 0 spiro atoms. The van der Waals surface area contributed by atoms with Crippen molar-refractivity contribution in [2.24, 2.45) is 0 Å². The van der Waals surface area contributed by atoms with Crippen LogP contribution in [-0.2, 0) is 11.3 Å². The smallest absolute Gasteiger partial charge is 0.136 e. The Morgan fingerprint density at radius 3 is 3.00 bits per heavy atom. The lowest BCUT2D eigenvalue weighted by Crippen LogP contribution is -2.25.